The summed E-state index contributed by atoms with van der Waals surface area (Å²) in [6.07, 6.45) is 0. The summed E-state index contributed by atoms with van der Waals surface area (Å²) in [5.74, 6) is -0.896. The number of nitrogens with zero attached hydrogens (tertiary/aromatic N) is 1. The number of carbonyl (C=O) groups excluding carboxylic acids is 1. The van der Waals surface area contributed by atoms with Crippen molar-refractivity contribution in [2.24, 2.45) is 11.7 Å². The van der Waals surface area contributed by atoms with Gasteiger partial charge in [-0.3, -0.25) is 4.79 Å². The van der Waals surface area contributed by atoms with Gasteiger partial charge in [0.25, 0.3) is 5.22 Å². The van der Waals surface area contributed by atoms with Gasteiger partial charge in [-0.2, -0.15) is 0 Å². The molecule has 1 heterocycles. The predicted octanol–water partition coefficient (Wildman–Crippen LogP) is 0.639. The van der Waals surface area contributed by atoms with Crippen LogP contribution in [0.4, 0.5) is 5.69 Å². The van der Waals surface area contributed by atoms with Crippen LogP contribution in [0, 0.1) is 5.92 Å². The second-order valence-corrected chi connectivity index (χ2v) is 5.40. The summed E-state index contributed by atoms with van der Waals surface area (Å²) >= 11 is 0. The maximum absolute atomic E-state index is 11.9. The molecule has 2 rings (SSSR count). The van der Waals surface area contributed by atoms with Crippen LogP contribution in [0.1, 0.15) is 6.92 Å². The lowest BCUT2D eigenvalue weighted by Crippen LogP contribution is -2.25. The average molecular weight is 267 g/mol. The zero-order valence-electron chi connectivity index (χ0n) is 9.75. The van der Waals surface area contributed by atoms with Crippen molar-refractivity contribution in [1.82, 2.24) is 4.98 Å². The number of nitrogens with two attached hydrogens (primary N) is 2. The van der Waals surface area contributed by atoms with E-state index in [4.69, 9.17) is 15.9 Å². The van der Waals surface area contributed by atoms with Crippen molar-refractivity contribution in [1.29, 1.82) is 0 Å². The number of fused-ring (bicyclic) bond motifs is 1. The number of primary amides is 1. The van der Waals surface area contributed by atoms with E-state index in [-0.39, 0.29) is 11.0 Å². The highest BCUT2D eigenvalue weighted by molar-refractivity contribution is 7.84. The number of rotatable bonds is 4. The van der Waals surface area contributed by atoms with E-state index in [1.165, 1.54) is 0 Å². The highest BCUT2D eigenvalue weighted by Gasteiger charge is 2.18. The van der Waals surface area contributed by atoms with E-state index >= 15 is 0 Å². The molecule has 96 valence electrons. The van der Waals surface area contributed by atoms with Gasteiger partial charge in [-0.05, 0) is 18.2 Å². The van der Waals surface area contributed by atoms with Crippen molar-refractivity contribution >= 4 is 33.5 Å². The summed E-state index contributed by atoms with van der Waals surface area (Å²) in [4.78, 5) is 15.0. The van der Waals surface area contributed by atoms with Gasteiger partial charge in [0.1, 0.15) is 16.3 Å². The van der Waals surface area contributed by atoms with Crippen LogP contribution in [0.15, 0.2) is 27.8 Å². The molecule has 2 aromatic rings. The van der Waals surface area contributed by atoms with Gasteiger partial charge in [0.05, 0.1) is 0 Å². The molecule has 6 nitrogen and oxygen atoms in total. The Morgan fingerprint density at radius 3 is 2.94 bits per heavy atom. The smallest absolute Gasteiger partial charge is 0.287 e. The third-order valence-corrected chi connectivity index (χ3v) is 3.84. The third kappa shape index (κ3) is 2.51. The zero-order chi connectivity index (χ0) is 13.3. The number of amides is 1. The fraction of sp³-hybridized carbons (Fsp3) is 0.273. The minimum atomic E-state index is -1.49. The first kappa shape index (κ1) is 12.6. The van der Waals surface area contributed by atoms with Crippen molar-refractivity contribution in [3.8, 4) is 0 Å². The molecule has 2 unspecified atom stereocenters. The van der Waals surface area contributed by atoms with Crippen LogP contribution >= 0.6 is 0 Å². The van der Waals surface area contributed by atoms with Crippen molar-refractivity contribution in [2.75, 3.05) is 11.5 Å². The van der Waals surface area contributed by atoms with Gasteiger partial charge < -0.3 is 15.9 Å². The fourth-order valence-corrected chi connectivity index (χ4v) is 2.55. The first-order chi connectivity index (χ1) is 8.47. The molecule has 0 saturated heterocycles. The van der Waals surface area contributed by atoms with Crippen molar-refractivity contribution in [3.63, 3.8) is 0 Å². The highest BCUT2D eigenvalue weighted by atomic mass is 32.2. The number of nitrogen functional groups attached to an aromatic ring is 1. The lowest BCUT2D eigenvalue weighted by Gasteiger charge is -2.03. The first-order valence-corrected chi connectivity index (χ1v) is 6.63. The van der Waals surface area contributed by atoms with E-state index in [0.29, 0.717) is 16.8 Å². The maximum atomic E-state index is 11.9. The Bertz CT molecular complexity index is 623. The standard InChI is InChI=1S/C11H13N3O3S/c1-6(10(13)15)5-18(16)11-14-8-4-7(12)2-3-9(8)17-11/h2-4,6H,5,12H2,1H3,(H2,13,15). The van der Waals surface area contributed by atoms with Crippen molar-refractivity contribution in [2.45, 2.75) is 12.1 Å². The van der Waals surface area contributed by atoms with Gasteiger partial charge in [0.2, 0.25) is 5.91 Å². The van der Waals surface area contributed by atoms with Crippen LogP contribution in [0.25, 0.3) is 11.1 Å². The molecule has 0 aliphatic carbocycles. The summed E-state index contributed by atoms with van der Waals surface area (Å²) in [5, 5.41) is 0.0868. The highest BCUT2D eigenvalue weighted by Crippen LogP contribution is 2.20. The number of oxazole rings is 1. The second-order valence-electron chi connectivity index (χ2n) is 4.02. The van der Waals surface area contributed by atoms with Gasteiger partial charge in [0.15, 0.2) is 5.58 Å². The Kier molecular flexibility index (Phi) is 3.33. The molecule has 1 aromatic carbocycles. The molecular formula is C11H13N3O3S. The topological polar surface area (TPSA) is 112 Å². The van der Waals surface area contributed by atoms with Gasteiger partial charge in [-0.1, -0.05) is 6.92 Å². The minimum Gasteiger partial charge on any atom is -0.430 e. The molecule has 0 radical (unpaired) electrons. The van der Waals surface area contributed by atoms with E-state index < -0.39 is 22.6 Å². The quantitative estimate of drug-likeness (QED) is 0.789. The van der Waals surface area contributed by atoms with E-state index in [1.54, 1.807) is 25.1 Å². The number of hydrogen-bond acceptors (Lipinski definition) is 5. The molecule has 0 aliphatic rings. The number of carbonyl (C=O) groups is 1. The molecule has 1 aromatic heterocycles. The number of benzene rings is 1. The van der Waals surface area contributed by atoms with Crippen LogP contribution in [-0.4, -0.2) is 20.9 Å². The Morgan fingerprint density at radius 2 is 2.28 bits per heavy atom. The fourth-order valence-electron chi connectivity index (χ4n) is 1.40. The summed E-state index contributed by atoms with van der Waals surface area (Å²) < 4.78 is 17.3. The molecule has 1 amide bonds. The van der Waals surface area contributed by atoms with E-state index in [1.807, 2.05) is 0 Å². The van der Waals surface area contributed by atoms with Crippen molar-refractivity contribution in [3.05, 3.63) is 18.2 Å². The summed E-state index contributed by atoms with van der Waals surface area (Å²) in [6.45, 7) is 1.61. The Hall–Kier alpha value is -1.89. The van der Waals surface area contributed by atoms with Crippen LogP contribution in [0.2, 0.25) is 0 Å². The Morgan fingerprint density at radius 1 is 1.56 bits per heavy atom. The first-order valence-electron chi connectivity index (χ1n) is 5.31. The Labute approximate surface area is 106 Å². The van der Waals surface area contributed by atoms with Crippen molar-refractivity contribution < 1.29 is 13.4 Å². The largest absolute Gasteiger partial charge is 0.430 e. The Balaban J connectivity index is 2.26. The molecule has 4 N–H and O–H groups in total. The molecule has 0 fully saturated rings. The van der Waals surface area contributed by atoms with Gasteiger partial charge >= 0.3 is 0 Å². The average Bonchev–Trinajstić information content (AvgIpc) is 2.71. The lowest BCUT2D eigenvalue weighted by atomic mass is 10.2. The predicted molar refractivity (Wildman–Crippen MR) is 68.1 cm³/mol. The molecule has 0 spiro atoms. The summed E-state index contributed by atoms with van der Waals surface area (Å²) in [6, 6.07) is 4.97. The van der Waals surface area contributed by atoms with Crippen LogP contribution < -0.4 is 11.5 Å². The van der Waals surface area contributed by atoms with E-state index in [9.17, 15) is 9.00 Å². The molecule has 0 saturated carbocycles. The number of hydrogen-bond donors (Lipinski definition) is 2. The summed E-state index contributed by atoms with van der Waals surface area (Å²) in [5.41, 5.74) is 12.3. The normalized spacial score (nSPS) is 14.5. The molecule has 2 atom stereocenters. The van der Waals surface area contributed by atoms with Crippen LogP contribution in [-0.2, 0) is 15.6 Å². The second kappa shape index (κ2) is 4.77. The van der Waals surface area contributed by atoms with Gasteiger partial charge in [-0.15, -0.1) is 0 Å². The SMILES string of the molecule is CC(CS(=O)c1nc2cc(N)ccc2o1)C(N)=O. The van der Waals surface area contributed by atoms with E-state index in [2.05, 4.69) is 4.98 Å². The third-order valence-electron chi connectivity index (χ3n) is 2.47. The van der Waals surface area contributed by atoms with Gasteiger partial charge in [-0.25, -0.2) is 9.19 Å². The summed E-state index contributed by atoms with van der Waals surface area (Å²) in [7, 11) is -1.49. The molecule has 0 aliphatic heterocycles. The molecule has 0 bridgehead atoms. The minimum absolute atomic E-state index is 0.0868. The monoisotopic (exact) mass is 267 g/mol. The number of anilines is 1. The lowest BCUT2D eigenvalue weighted by molar-refractivity contribution is -0.120. The molecular weight excluding hydrogens is 254 g/mol. The zero-order valence-corrected chi connectivity index (χ0v) is 10.6. The molecule has 18 heavy (non-hydrogen) atoms. The molecule has 7 heteroatoms. The maximum Gasteiger partial charge on any atom is 0.287 e. The van der Waals surface area contributed by atoms with Crippen LogP contribution in [0.5, 0.6) is 0 Å². The van der Waals surface area contributed by atoms with E-state index in [0.717, 1.165) is 0 Å². The van der Waals surface area contributed by atoms with Crippen LogP contribution in [0.3, 0.4) is 0 Å². The number of aromatic nitrogens is 1. The van der Waals surface area contributed by atoms with Gasteiger partial charge in [0, 0.05) is 17.4 Å².